The molecule has 0 aliphatic carbocycles. The first-order valence-corrected chi connectivity index (χ1v) is 10.6. The van der Waals surface area contributed by atoms with Gasteiger partial charge in [0.15, 0.2) is 5.76 Å². The van der Waals surface area contributed by atoms with E-state index in [1.165, 1.54) is 11.3 Å². The molecule has 5 heterocycles. The molecule has 4 aromatic rings. The molecule has 0 fully saturated rings. The van der Waals surface area contributed by atoms with Crippen LogP contribution in [0.25, 0.3) is 11.7 Å². The molecule has 0 radical (unpaired) electrons. The Kier molecular flexibility index (Phi) is 4.78. The highest BCUT2D eigenvalue weighted by atomic mass is 32.2. The second-order valence-electron chi connectivity index (χ2n) is 6.14. The minimum atomic E-state index is -0.267. The minimum Gasteiger partial charge on any atom is -0.467 e. The SMILES string of the molecule is O=C(CSc1nnc(-c2ccco2)o1)N1N=C(c2cccs2)C[C@@H]1c1ccco1. The van der Waals surface area contributed by atoms with Crippen LogP contribution in [0.3, 0.4) is 0 Å². The smallest absolute Gasteiger partial charge is 0.284 e. The number of nitrogens with zero attached hydrogens (tertiary/aromatic N) is 4. The third-order valence-corrected chi connectivity index (χ3v) is 6.02. The fourth-order valence-electron chi connectivity index (χ4n) is 2.99. The Balaban J connectivity index is 1.31. The summed E-state index contributed by atoms with van der Waals surface area (Å²) in [6.07, 6.45) is 3.74. The number of thioether (sulfide) groups is 1. The van der Waals surface area contributed by atoms with Crippen LogP contribution in [0.5, 0.6) is 0 Å². The van der Waals surface area contributed by atoms with E-state index in [4.69, 9.17) is 13.3 Å². The third-order valence-electron chi connectivity index (χ3n) is 4.30. The second-order valence-corrected chi connectivity index (χ2v) is 8.01. The van der Waals surface area contributed by atoms with Crippen molar-refractivity contribution in [3.8, 4) is 11.7 Å². The predicted molar refractivity (Wildman–Crippen MR) is 106 cm³/mol. The maximum absolute atomic E-state index is 12.9. The van der Waals surface area contributed by atoms with E-state index in [9.17, 15) is 4.79 Å². The van der Waals surface area contributed by atoms with Crippen molar-refractivity contribution in [2.24, 2.45) is 5.10 Å². The van der Waals surface area contributed by atoms with Crippen molar-refractivity contribution in [1.29, 1.82) is 0 Å². The van der Waals surface area contributed by atoms with Crippen molar-refractivity contribution >= 4 is 34.7 Å². The monoisotopic (exact) mass is 426 g/mol. The quantitative estimate of drug-likeness (QED) is 0.420. The highest BCUT2D eigenvalue weighted by molar-refractivity contribution is 7.99. The molecule has 0 saturated carbocycles. The normalized spacial score (nSPS) is 16.3. The van der Waals surface area contributed by atoms with Gasteiger partial charge >= 0.3 is 0 Å². The summed E-state index contributed by atoms with van der Waals surface area (Å²) < 4.78 is 16.3. The number of aromatic nitrogens is 2. The van der Waals surface area contributed by atoms with Crippen LogP contribution in [0.4, 0.5) is 0 Å². The molecule has 0 aromatic carbocycles. The molecule has 1 aliphatic heterocycles. The lowest BCUT2D eigenvalue weighted by atomic mass is 10.1. The van der Waals surface area contributed by atoms with Crippen LogP contribution >= 0.6 is 23.1 Å². The number of hydrogen-bond donors (Lipinski definition) is 0. The first-order valence-electron chi connectivity index (χ1n) is 8.75. The largest absolute Gasteiger partial charge is 0.467 e. The molecule has 1 amide bonds. The lowest BCUT2D eigenvalue weighted by Crippen LogP contribution is -2.28. The fourth-order valence-corrected chi connectivity index (χ4v) is 4.33. The summed E-state index contributed by atoms with van der Waals surface area (Å²) in [4.78, 5) is 14.0. The first kappa shape index (κ1) is 18.0. The van der Waals surface area contributed by atoms with E-state index in [1.807, 2.05) is 29.6 Å². The van der Waals surface area contributed by atoms with Crippen LogP contribution in [0, 0.1) is 0 Å². The summed E-state index contributed by atoms with van der Waals surface area (Å²) in [7, 11) is 0. The van der Waals surface area contributed by atoms with E-state index in [0.29, 0.717) is 23.2 Å². The highest BCUT2D eigenvalue weighted by Gasteiger charge is 2.35. The Bertz CT molecular complexity index is 1120. The van der Waals surface area contributed by atoms with Crippen LogP contribution in [-0.4, -0.2) is 32.6 Å². The van der Waals surface area contributed by atoms with Crippen molar-refractivity contribution in [2.45, 2.75) is 17.7 Å². The van der Waals surface area contributed by atoms with Gasteiger partial charge in [0.05, 0.1) is 28.9 Å². The Labute approximate surface area is 173 Å². The molecule has 10 heteroatoms. The van der Waals surface area contributed by atoms with Crippen LogP contribution < -0.4 is 0 Å². The standard InChI is InChI=1S/C19H14N4O4S2/c24-17(11-29-19-21-20-18(27-19)15-5-2-8-26-15)23-13(14-4-1-7-25-14)10-12(22-23)16-6-3-9-28-16/h1-9,13H,10-11H2/t13-/m1/s1. The van der Waals surface area contributed by atoms with Crippen molar-refractivity contribution in [3.05, 3.63) is 64.9 Å². The molecule has 29 heavy (non-hydrogen) atoms. The van der Waals surface area contributed by atoms with Crippen LogP contribution in [0.2, 0.25) is 0 Å². The molecular weight excluding hydrogens is 412 g/mol. The molecule has 0 bridgehead atoms. The fraction of sp³-hybridized carbons (Fsp3) is 0.158. The Hall–Kier alpha value is -3.11. The average Bonchev–Trinajstić information content (AvgIpc) is 3.56. The zero-order chi connectivity index (χ0) is 19.6. The Morgan fingerprint density at radius 1 is 1.17 bits per heavy atom. The number of carbonyl (C=O) groups is 1. The summed E-state index contributed by atoms with van der Waals surface area (Å²) in [5.74, 6) is 1.41. The third kappa shape index (κ3) is 3.64. The number of rotatable bonds is 6. The molecular formula is C19H14N4O4S2. The Morgan fingerprint density at radius 2 is 2.07 bits per heavy atom. The molecule has 1 aliphatic rings. The summed E-state index contributed by atoms with van der Waals surface area (Å²) in [6, 6.07) is 10.8. The topological polar surface area (TPSA) is 97.9 Å². The summed E-state index contributed by atoms with van der Waals surface area (Å²) >= 11 is 2.76. The summed E-state index contributed by atoms with van der Waals surface area (Å²) in [5.41, 5.74) is 0.873. The summed E-state index contributed by atoms with van der Waals surface area (Å²) in [6.45, 7) is 0. The maximum atomic E-state index is 12.9. The molecule has 4 aromatic heterocycles. The van der Waals surface area contributed by atoms with Gasteiger partial charge in [0.1, 0.15) is 11.8 Å². The molecule has 8 nitrogen and oxygen atoms in total. The van der Waals surface area contributed by atoms with Gasteiger partial charge in [-0.2, -0.15) is 5.10 Å². The van der Waals surface area contributed by atoms with Gasteiger partial charge in [0, 0.05) is 6.42 Å². The van der Waals surface area contributed by atoms with Gasteiger partial charge in [-0.3, -0.25) is 4.79 Å². The number of thiophene rings is 1. The number of hydrazone groups is 1. The van der Waals surface area contributed by atoms with E-state index in [0.717, 1.165) is 22.4 Å². The van der Waals surface area contributed by atoms with Gasteiger partial charge < -0.3 is 13.3 Å². The number of carbonyl (C=O) groups excluding carboxylic acids is 1. The molecule has 0 saturated heterocycles. The highest BCUT2D eigenvalue weighted by Crippen LogP contribution is 2.35. The molecule has 0 N–H and O–H groups in total. The van der Waals surface area contributed by atoms with Crippen LogP contribution in [0.15, 0.2) is 77.9 Å². The van der Waals surface area contributed by atoms with E-state index in [2.05, 4.69) is 15.3 Å². The first-order chi connectivity index (χ1) is 14.3. The van der Waals surface area contributed by atoms with Gasteiger partial charge in [-0.1, -0.05) is 17.8 Å². The lowest BCUT2D eigenvalue weighted by Gasteiger charge is -2.19. The predicted octanol–water partition coefficient (Wildman–Crippen LogP) is 4.45. The van der Waals surface area contributed by atoms with Gasteiger partial charge in [-0.15, -0.1) is 21.5 Å². The van der Waals surface area contributed by atoms with E-state index in [1.54, 1.807) is 29.7 Å². The van der Waals surface area contributed by atoms with Crippen molar-refractivity contribution in [1.82, 2.24) is 15.2 Å². The zero-order valence-corrected chi connectivity index (χ0v) is 16.6. The average molecular weight is 426 g/mol. The second kappa shape index (κ2) is 7.72. The van der Waals surface area contributed by atoms with Crippen molar-refractivity contribution in [2.75, 3.05) is 5.75 Å². The summed E-state index contributed by atoms with van der Waals surface area (Å²) in [5, 5.41) is 16.3. The molecule has 0 spiro atoms. The number of amides is 1. The number of hydrogen-bond acceptors (Lipinski definition) is 9. The van der Waals surface area contributed by atoms with Gasteiger partial charge in [0.2, 0.25) is 0 Å². The van der Waals surface area contributed by atoms with Gasteiger partial charge in [-0.05, 0) is 35.7 Å². The van der Waals surface area contributed by atoms with E-state index >= 15 is 0 Å². The Morgan fingerprint density at radius 3 is 2.83 bits per heavy atom. The van der Waals surface area contributed by atoms with Crippen LogP contribution in [-0.2, 0) is 4.79 Å². The molecule has 0 unspecified atom stereocenters. The van der Waals surface area contributed by atoms with Gasteiger partial charge in [0.25, 0.3) is 17.0 Å². The molecule has 1 atom stereocenters. The lowest BCUT2D eigenvalue weighted by molar-refractivity contribution is -0.130. The molecule has 146 valence electrons. The van der Waals surface area contributed by atoms with Crippen molar-refractivity contribution in [3.63, 3.8) is 0 Å². The minimum absolute atomic E-state index is 0.109. The zero-order valence-electron chi connectivity index (χ0n) is 14.9. The van der Waals surface area contributed by atoms with E-state index in [-0.39, 0.29) is 23.6 Å². The van der Waals surface area contributed by atoms with E-state index < -0.39 is 0 Å². The molecule has 5 rings (SSSR count). The van der Waals surface area contributed by atoms with Gasteiger partial charge in [-0.25, -0.2) is 5.01 Å². The van der Waals surface area contributed by atoms with Crippen LogP contribution in [0.1, 0.15) is 23.1 Å². The number of furan rings is 2. The maximum Gasteiger partial charge on any atom is 0.284 e. The van der Waals surface area contributed by atoms with Crippen molar-refractivity contribution < 1.29 is 18.0 Å².